The normalized spacial score (nSPS) is 13.4. The van der Waals surface area contributed by atoms with Gasteiger partial charge in [-0.3, -0.25) is 9.35 Å². The first-order chi connectivity index (χ1) is 20.5. The molecule has 3 heterocycles. The number of carbonyl (C=O) groups is 1. The smallest absolute Gasteiger partial charge is 0.269 e. The fourth-order valence-electron chi connectivity index (χ4n) is 5.08. The predicted molar refractivity (Wildman–Crippen MR) is 169 cm³/mol. The molecule has 1 amide bonds. The van der Waals surface area contributed by atoms with Gasteiger partial charge in [-0.05, 0) is 49.3 Å². The summed E-state index contributed by atoms with van der Waals surface area (Å²) in [7, 11) is 1.27. The number of ether oxygens (including phenoxy) is 1. The van der Waals surface area contributed by atoms with E-state index in [1.165, 1.54) is 12.5 Å². The number of fused-ring (bicyclic) bond motifs is 1. The highest BCUT2D eigenvalue weighted by atomic mass is 32.2. The third-order valence-corrected chi connectivity index (χ3v) is 8.15. The highest BCUT2D eigenvalue weighted by molar-refractivity contribution is 7.85. The van der Waals surface area contributed by atoms with Crippen molar-refractivity contribution in [1.82, 2.24) is 19.4 Å². The van der Waals surface area contributed by atoms with Crippen LogP contribution >= 0.6 is 0 Å². The van der Waals surface area contributed by atoms with Crippen molar-refractivity contribution in [3.63, 3.8) is 0 Å². The summed E-state index contributed by atoms with van der Waals surface area (Å²) < 4.78 is 39.6. The highest BCUT2D eigenvalue weighted by Gasteiger charge is 2.19. The van der Waals surface area contributed by atoms with Crippen LogP contribution in [0.5, 0.6) is 5.75 Å². The number of rotatable bonds is 12. The lowest BCUT2D eigenvalue weighted by atomic mass is 10.1. The third-order valence-electron chi connectivity index (χ3n) is 7.45. The molecule has 226 valence electrons. The molecule has 1 aliphatic rings. The Bertz CT molecular complexity index is 1780. The van der Waals surface area contributed by atoms with E-state index in [4.69, 9.17) is 9.72 Å². The number of hydrogen-bond donors (Lipinski definition) is 3. The molecule has 3 N–H and O–H groups in total. The van der Waals surface area contributed by atoms with Crippen LogP contribution in [0.15, 0.2) is 61.4 Å². The van der Waals surface area contributed by atoms with Crippen molar-refractivity contribution in [3.05, 3.63) is 67.0 Å². The Morgan fingerprint density at radius 2 is 2.00 bits per heavy atom. The number of methoxy groups -OCH3 is 1. The molecule has 12 nitrogen and oxygen atoms in total. The van der Waals surface area contributed by atoms with Crippen LogP contribution in [0.25, 0.3) is 22.2 Å². The van der Waals surface area contributed by atoms with Crippen molar-refractivity contribution >= 4 is 49.9 Å². The van der Waals surface area contributed by atoms with E-state index >= 15 is 0 Å². The number of likely N-dealkylation sites (tertiary alicyclic amines) is 1. The summed E-state index contributed by atoms with van der Waals surface area (Å²) in [5.41, 5.74) is 4.70. The minimum atomic E-state index is -4.15. The van der Waals surface area contributed by atoms with Gasteiger partial charge in [0, 0.05) is 62.1 Å². The maximum atomic E-state index is 12.3. The zero-order valence-electron chi connectivity index (χ0n) is 24.4. The third kappa shape index (κ3) is 6.96. The molecule has 2 aromatic heterocycles. The van der Waals surface area contributed by atoms with Crippen LogP contribution in [-0.4, -0.2) is 78.6 Å². The topological polar surface area (TPSA) is 142 Å². The van der Waals surface area contributed by atoms with Gasteiger partial charge >= 0.3 is 0 Å². The van der Waals surface area contributed by atoms with E-state index in [0.717, 1.165) is 48.3 Å². The Kier molecular flexibility index (Phi) is 8.67. The molecule has 0 radical (unpaired) electrons. The van der Waals surface area contributed by atoms with Gasteiger partial charge in [0.2, 0.25) is 11.9 Å². The highest BCUT2D eigenvalue weighted by Crippen LogP contribution is 2.38. The van der Waals surface area contributed by atoms with Crippen LogP contribution in [0.4, 0.5) is 23.0 Å². The maximum absolute atomic E-state index is 12.3. The molecular weight excluding hydrogens is 570 g/mol. The van der Waals surface area contributed by atoms with E-state index < -0.39 is 15.9 Å². The van der Waals surface area contributed by atoms with E-state index in [1.54, 1.807) is 37.6 Å². The number of nitrogens with one attached hydrogen (secondary N) is 2. The Labute approximate surface area is 250 Å². The molecule has 0 aliphatic carbocycles. The van der Waals surface area contributed by atoms with E-state index in [-0.39, 0.29) is 5.91 Å². The number of nitrogens with zero attached hydrogens (tertiary/aromatic N) is 5. The lowest BCUT2D eigenvalue weighted by Gasteiger charge is -2.33. The van der Waals surface area contributed by atoms with Gasteiger partial charge in [0.05, 0.1) is 29.9 Å². The molecule has 0 saturated carbocycles. The van der Waals surface area contributed by atoms with Gasteiger partial charge in [-0.25, -0.2) is 9.97 Å². The summed E-state index contributed by atoms with van der Waals surface area (Å²) in [6.45, 7) is 7.49. The number of amides is 1. The zero-order chi connectivity index (χ0) is 30.7. The first kappa shape index (κ1) is 30.0. The van der Waals surface area contributed by atoms with E-state index in [1.807, 2.05) is 37.0 Å². The Balaban J connectivity index is 1.46. The molecule has 4 aromatic rings. The van der Waals surface area contributed by atoms with Gasteiger partial charge in [0.25, 0.3) is 10.1 Å². The van der Waals surface area contributed by atoms with E-state index in [2.05, 4.69) is 32.0 Å². The minimum Gasteiger partial charge on any atom is -0.494 e. The average molecular weight is 606 g/mol. The SMILES string of the molecule is C=CC(=O)Nc1cc(Nc2nccc(-c3cn(C)c4cc(CS(=O)(=O)O)ccc34)n2)c(OC)cc1N(C)CCN1CCC1. The van der Waals surface area contributed by atoms with Crippen LogP contribution < -0.4 is 20.3 Å². The number of carbonyl (C=O) groups excluding carboxylic acids is 1. The van der Waals surface area contributed by atoms with Crippen molar-refractivity contribution in [2.24, 2.45) is 7.05 Å². The molecule has 13 heteroatoms. The van der Waals surface area contributed by atoms with Crippen LogP contribution in [0.2, 0.25) is 0 Å². The van der Waals surface area contributed by atoms with Crippen molar-refractivity contribution in [2.75, 3.05) is 55.9 Å². The molecule has 0 atom stereocenters. The summed E-state index contributed by atoms with van der Waals surface area (Å²) in [5, 5.41) is 7.01. The summed E-state index contributed by atoms with van der Waals surface area (Å²) in [6.07, 6.45) is 5.99. The van der Waals surface area contributed by atoms with Gasteiger partial charge in [0.1, 0.15) is 11.5 Å². The predicted octanol–water partition coefficient (Wildman–Crippen LogP) is 4.04. The molecule has 43 heavy (non-hydrogen) atoms. The van der Waals surface area contributed by atoms with Crippen LogP contribution in [0, 0.1) is 0 Å². The molecule has 0 unspecified atom stereocenters. The molecule has 1 fully saturated rings. The Hall–Kier alpha value is -4.46. The lowest BCUT2D eigenvalue weighted by Crippen LogP contribution is -2.42. The van der Waals surface area contributed by atoms with Gasteiger partial charge in [-0.15, -0.1) is 0 Å². The van der Waals surface area contributed by atoms with Gasteiger partial charge in [0.15, 0.2) is 0 Å². The first-order valence-corrected chi connectivity index (χ1v) is 15.4. The van der Waals surface area contributed by atoms with Crippen molar-refractivity contribution in [1.29, 1.82) is 0 Å². The van der Waals surface area contributed by atoms with Gasteiger partial charge in [-0.2, -0.15) is 8.42 Å². The number of aryl methyl sites for hydroxylation is 1. The monoisotopic (exact) mass is 605 g/mol. The summed E-state index contributed by atoms with van der Waals surface area (Å²) in [6, 6.07) is 10.7. The molecule has 0 bridgehead atoms. The van der Waals surface area contributed by atoms with Gasteiger partial charge < -0.3 is 29.7 Å². The maximum Gasteiger partial charge on any atom is 0.269 e. The second-order valence-corrected chi connectivity index (χ2v) is 12.0. The fraction of sp³-hybridized carbons (Fsp3) is 0.300. The van der Waals surface area contributed by atoms with Crippen molar-refractivity contribution < 1.29 is 22.5 Å². The largest absolute Gasteiger partial charge is 0.494 e. The van der Waals surface area contributed by atoms with Crippen LogP contribution in [0.3, 0.4) is 0 Å². The van der Waals surface area contributed by atoms with E-state index in [9.17, 15) is 17.8 Å². The second kappa shape index (κ2) is 12.4. The fourth-order valence-corrected chi connectivity index (χ4v) is 5.68. The summed E-state index contributed by atoms with van der Waals surface area (Å²) in [4.78, 5) is 25.9. The van der Waals surface area contributed by atoms with E-state index in [0.29, 0.717) is 34.3 Å². The molecule has 0 spiro atoms. The first-order valence-electron chi connectivity index (χ1n) is 13.8. The number of anilines is 4. The molecule has 1 saturated heterocycles. The molecule has 1 aliphatic heterocycles. The standard InChI is InChI=1S/C30H35N7O5S/c1-5-29(38)32-24-16-25(28(42-4)17-27(24)35(2)13-14-37-11-6-12-37)34-30-31-10-9-23(33-30)22-18-36(3)26-15-20(7-8-21(22)26)19-43(39,40)41/h5,7-10,15-18H,1,6,11-14,19H2,2-4H3,(H,32,38)(H,31,33,34)(H,39,40,41). The zero-order valence-corrected chi connectivity index (χ0v) is 25.2. The quantitative estimate of drug-likeness (QED) is 0.160. The average Bonchev–Trinajstić information content (AvgIpc) is 3.27. The number of likely N-dealkylation sites (N-methyl/N-ethyl adjacent to an activating group) is 1. The number of hydrogen-bond acceptors (Lipinski definition) is 9. The Morgan fingerprint density at radius 1 is 1.21 bits per heavy atom. The summed E-state index contributed by atoms with van der Waals surface area (Å²) in [5.74, 6) is 0.0702. The molecule has 2 aromatic carbocycles. The van der Waals surface area contributed by atoms with Crippen LogP contribution in [-0.2, 0) is 27.7 Å². The number of aromatic nitrogens is 3. The molecular formula is C30H35N7O5S. The van der Waals surface area contributed by atoms with Gasteiger partial charge in [-0.1, -0.05) is 18.7 Å². The minimum absolute atomic E-state index is 0.315. The molecule has 5 rings (SSSR count). The second-order valence-electron chi connectivity index (χ2n) is 10.5. The Morgan fingerprint density at radius 3 is 2.67 bits per heavy atom. The van der Waals surface area contributed by atoms with Crippen molar-refractivity contribution in [3.8, 4) is 17.0 Å². The van der Waals surface area contributed by atoms with Crippen molar-refractivity contribution in [2.45, 2.75) is 12.2 Å². The van der Waals surface area contributed by atoms with Crippen LogP contribution in [0.1, 0.15) is 12.0 Å². The number of benzene rings is 2. The summed E-state index contributed by atoms with van der Waals surface area (Å²) >= 11 is 0. The lowest BCUT2D eigenvalue weighted by molar-refractivity contribution is -0.111.